The molecule has 7 nitrogen and oxygen atoms in total. The lowest BCUT2D eigenvalue weighted by Crippen LogP contribution is -2.54. The molecule has 0 bridgehead atoms. The topological polar surface area (TPSA) is 67.7 Å². The molecule has 0 saturated heterocycles. The summed E-state index contributed by atoms with van der Waals surface area (Å²) in [5, 5.41) is 4.61. The Kier molecular flexibility index (Phi) is 4.15. The molecule has 7 heteroatoms. The SMILES string of the molecule is CN1C(=O)[C@@H](N2CCc3cn(CC4(C)CCC4)nc3C2=O)COc2ccccc21. The Labute approximate surface area is 170 Å². The van der Waals surface area contributed by atoms with E-state index < -0.39 is 6.04 Å². The minimum absolute atomic E-state index is 0.131. The Balaban J connectivity index is 1.39. The molecule has 1 atom stereocenters. The highest BCUT2D eigenvalue weighted by atomic mass is 16.5. The highest BCUT2D eigenvalue weighted by molar-refractivity contribution is 6.03. The van der Waals surface area contributed by atoms with E-state index in [2.05, 4.69) is 12.0 Å². The van der Waals surface area contributed by atoms with Crippen molar-refractivity contribution in [2.75, 3.05) is 25.1 Å². The molecule has 1 aromatic heterocycles. The van der Waals surface area contributed by atoms with Gasteiger partial charge in [0.25, 0.3) is 11.8 Å². The summed E-state index contributed by atoms with van der Waals surface area (Å²) in [6.45, 7) is 3.77. The number of nitrogens with zero attached hydrogens (tertiary/aromatic N) is 4. The standard InChI is InChI=1S/C22H26N4O3/c1-22(9-5-10-22)14-25-12-15-8-11-26(21(28)19(15)23-25)17-13-29-18-7-4-3-6-16(18)24(2)20(17)27/h3-4,6-7,12,17H,5,8-11,13-14H2,1-2H3/t17-/m0/s1. The van der Waals surface area contributed by atoms with E-state index in [1.54, 1.807) is 16.8 Å². The van der Waals surface area contributed by atoms with Crippen molar-refractivity contribution in [2.24, 2.45) is 5.41 Å². The second kappa shape index (κ2) is 6.61. The predicted molar refractivity (Wildman–Crippen MR) is 108 cm³/mol. The fourth-order valence-electron chi connectivity index (χ4n) is 4.67. The zero-order chi connectivity index (χ0) is 20.2. The van der Waals surface area contributed by atoms with Crippen LogP contribution >= 0.6 is 0 Å². The van der Waals surface area contributed by atoms with Crippen LogP contribution in [0.4, 0.5) is 5.69 Å². The summed E-state index contributed by atoms with van der Waals surface area (Å²) >= 11 is 0. The maximum atomic E-state index is 13.2. The zero-order valence-electron chi connectivity index (χ0n) is 16.9. The Bertz CT molecular complexity index is 978. The molecule has 0 N–H and O–H groups in total. The smallest absolute Gasteiger partial charge is 0.275 e. The Morgan fingerprint density at radius 3 is 2.79 bits per heavy atom. The van der Waals surface area contributed by atoms with E-state index >= 15 is 0 Å². The first-order valence-corrected chi connectivity index (χ1v) is 10.3. The van der Waals surface area contributed by atoms with E-state index in [1.807, 2.05) is 35.1 Å². The van der Waals surface area contributed by atoms with Crippen LogP contribution in [-0.2, 0) is 17.8 Å². The fraction of sp³-hybridized carbons (Fsp3) is 0.500. The van der Waals surface area contributed by atoms with Crippen LogP contribution in [0.2, 0.25) is 0 Å². The minimum atomic E-state index is -0.651. The highest BCUT2D eigenvalue weighted by Gasteiger charge is 2.40. The summed E-state index contributed by atoms with van der Waals surface area (Å²) in [6, 6.07) is 6.81. The number of likely N-dealkylation sites (N-methyl/N-ethyl adjacent to an activating group) is 1. The summed E-state index contributed by atoms with van der Waals surface area (Å²) in [6.07, 6.45) is 6.40. The van der Waals surface area contributed by atoms with Gasteiger partial charge in [-0.3, -0.25) is 14.3 Å². The van der Waals surface area contributed by atoms with Crippen LogP contribution in [0.15, 0.2) is 30.5 Å². The quantitative estimate of drug-likeness (QED) is 0.802. The van der Waals surface area contributed by atoms with E-state index in [0.29, 0.717) is 24.4 Å². The van der Waals surface area contributed by atoms with Gasteiger partial charge in [0, 0.05) is 31.9 Å². The van der Waals surface area contributed by atoms with Gasteiger partial charge in [-0.25, -0.2) is 0 Å². The number of hydrogen-bond donors (Lipinski definition) is 0. The molecule has 29 heavy (non-hydrogen) atoms. The van der Waals surface area contributed by atoms with E-state index in [1.165, 1.54) is 19.3 Å². The number of benzene rings is 1. The highest BCUT2D eigenvalue weighted by Crippen LogP contribution is 2.41. The lowest BCUT2D eigenvalue weighted by atomic mass is 9.70. The Hall–Kier alpha value is -2.83. The van der Waals surface area contributed by atoms with Crippen LogP contribution in [0.3, 0.4) is 0 Å². The summed E-state index contributed by atoms with van der Waals surface area (Å²) < 4.78 is 7.83. The average molecular weight is 394 g/mol. The Morgan fingerprint density at radius 2 is 2.03 bits per heavy atom. The van der Waals surface area contributed by atoms with Gasteiger partial charge in [-0.15, -0.1) is 0 Å². The molecular weight excluding hydrogens is 368 g/mol. The molecule has 1 saturated carbocycles. The molecule has 0 unspecified atom stereocenters. The van der Waals surface area contributed by atoms with Crippen LogP contribution in [-0.4, -0.2) is 52.7 Å². The van der Waals surface area contributed by atoms with Crippen molar-refractivity contribution in [1.29, 1.82) is 0 Å². The van der Waals surface area contributed by atoms with Crippen molar-refractivity contribution in [3.05, 3.63) is 41.7 Å². The molecule has 1 fully saturated rings. The number of carbonyl (C=O) groups excluding carboxylic acids is 2. The van der Waals surface area contributed by atoms with Gasteiger partial charge in [0.15, 0.2) is 5.69 Å². The summed E-state index contributed by atoms with van der Waals surface area (Å²) in [4.78, 5) is 29.6. The molecule has 2 aromatic rings. The summed E-state index contributed by atoms with van der Waals surface area (Å²) in [5.41, 5.74) is 2.48. The van der Waals surface area contributed by atoms with Crippen molar-refractivity contribution in [2.45, 2.75) is 45.2 Å². The number of rotatable bonds is 3. The molecule has 0 spiro atoms. The van der Waals surface area contributed by atoms with Crippen LogP contribution in [0.25, 0.3) is 0 Å². The van der Waals surface area contributed by atoms with Crippen molar-refractivity contribution in [3.63, 3.8) is 0 Å². The monoisotopic (exact) mass is 394 g/mol. The third kappa shape index (κ3) is 2.99. The van der Waals surface area contributed by atoms with Crippen molar-refractivity contribution < 1.29 is 14.3 Å². The van der Waals surface area contributed by atoms with Gasteiger partial charge in [0.1, 0.15) is 18.4 Å². The molecule has 1 aromatic carbocycles. The van der Waals surface area contributed by atoms with Gasteiger partial charge in [-0.1, -0.05) is 25.5 Å². The number of ether oxygens (including phenoxy) is 1. The van der Waals surface area contributed by atoms with Gasteiger partial charge in [0.05, 0.1) is 5.69 Å². The number of aromatic nitrogens is 2. The zero-order valence-corrected chi connectivity index (χ0v) is 16.9. The number of carbonyl (C=O) groups is 2. The first kappa shape index (κ1) is 18.2. The summed E-state index contributed by atoms with van der Waals surface area (Å²) in [7, 11) is 1.73. The van der Waals surface area contributed by atoms with Crippen molar-refractivity contribution in [3.8, 4) is 5.75 Å². The number of fused-ring (bicyclic) bond motifs is 2. The van der Waals surface area contributed by atoms with Crippen LogP contribution in [0.5, 0.6) is 5.75 Å². The number of para-hydroxylation sites is 2. The number of hydrogen-bond acceptors (Lipinski definition) is 4. The molecule has 2 aliphatic heterocycles. The molecular formula is C22H26N4O3. The van der Waals surface area contributed by atoms with Gasteiger partial charge < -0.3 is 14.5 Å². The summed E-state index contributed by atoms with van der Waals surface area (Å²) in [5.74, 6) is 0.354. The van der Waals surface area contributed by atoms with E-state index in [4.69, 9.17) is 4.74 Å². The first-order valence-electron chi connectivity index (χ1n) is 10.3. The van der Waals surface area contributed by atoms with E-state index in [0.717, 1.165) is 17.8 Å². The van der Waals surface area contributed by atoms with Gasteiger partial charge in [-0.05, 0) is 36.8 Å². The lowest BCUT2D eigenvalue weighted by molar-refractivity contribution is -0.123. The van der Waals surface area contributed by atoms with Gasteiger partial charge in [0.2, 0.25) is 0 Å². The third-order valence-corrected chi connectivity index (χ3v) is 6.64. The second-order valence-corrected chi connectivity index (χ2v) is 8.81. The Morgan fingerprint density at radius 1 is 1.24 bits per heavy atom. The van der Waals surface area contributed by atoms with Crippen LogP contribution in [0.1, 0.15) is 42.2 Å². The van der Waals surface area contributed by atoms with Gasteiger partial charge >= 0.3 is 0 Å². The number of amides is 2. The second-order valence-electron chi connectivity index (χ2n) is 8.81. The molecule has 3 aliphatic rings. The first-order chi connectivity index (χ1) is 14.0. The van der Waals surface area contributed by atoms with Gasteiger partial charge in [-0.2, -0.15) is 5.10 Å². The molecule has 5 rings (SSSR count). The normalized spacial score (nSPS) is 23.0. The lowest BCUT2D eigenvalue weighted by Gasteiger charge is -2.38. The maximum Gasteiger partial charge on any atom is 0.275 e. The predicted octanol–water partition coefficient (Wildman–Crippen LogP) is 2.50. The third-order valence-electron chi connectivity index (χ3n) is 6.64. The average Bonchev–Trinajstić information content (AvgIpc) is 3.06. The van der Waals surface area contributed by atoms with Crippen LogP contribution in [0, 0.1) is 5.41 Å². The largest absolute Gasteiger partial charge is 0.489 e. The molecule has 3 heterocycles. The van der Waals surface area contributed by atoms with E-state index in [9.17, 15) is 9.59 Å². The van der Waals surface area contributed by atoms with Crippen molar-refractivity contribution in [1.82, 2.24) is 14.7 Å². The molecule has 152 valence electrons. The molecule has 2 amide bonds. The molecule has 1 aliphatic carbocycles. The van der Waals surface area contributed by atoms with Crippen molar-refractivity contribution >= 4 is 17.5 Å². The maximum absolute atomic E-state index is 13.2. The molecule has 0 radical (unpaired) electrons. The van der Waals surface area contributed by atoms with Crippen LogP contribution < -0.4 is 9.64 Å². The van der Waals surface area contributed by atoms with E-state index in [-0.39, 0.29) is 23.8 Å². The fourth-order valence-corrected chi connectivity index (χ4v) is 4.67. The minimum Gasteiger partial charge on any atom is -0.489 e. The number of anilines is 1.